The molecule has 0 N–H and O–H groups in total. The molecule has 0 aromatic carbocycles. The van der Waals surface area contributed by atoms with Crippen LogP contribution in [-0.4, -0.2) is 52.4 Å². The first-order valence-electron chi connectivity index (χ1n) is 9.16. The molecule has 1 aliphatic carbocycles. The second-order valence-corrected chi connectivity index (χ2v) is 7.49. The van der Waals surface area contributed by atoms with Gasteiger partial charge in [0, 0.05) is 49.5 Å². The van der Waals surface area contributed by atoms with Crippen LogP contribution in [0.15, 0.2) is 6.07 Å². The Kier molecular flexibility index (Phi) is 4.70. The van der Waals surface area contributed by atoms with Crippen molar-refractivity contribution in [3.05, 3.63) is 23.0 Å². The van der Waals surface area contributed by atoms with E-state index in [2.05, 4.69) is 25.3 Å². The highest BCUT2D eigenvalue weighted by atomic mass is 16.2. The van der Waals surface area contributed by atoms with Crippen LogP contribution >= 0.6 is 0 Å². The molecule has 3 rings (SSSR count). The minimum Gasteiger partial charge on any atom is -0.346 e. The van der Waals surface area contributed by atoms with E-state index in [0.717, 1.165) is 49.3 Å². The third kappa shape index (κ3) is 3.21. The molecule has 0 spiro atoms. The predicted octanol–water partition coefficient (Wildman–Crippen LogP) is 2.77. The van der Waals surface area contributed by atoms with E-state index in [1.807, 2.05) is 22.8 Å². The summed E-state index contributed by atoms with van der Waals surface area (Å²) in [6.45, 7) is 11.2. The maximum absolute atomic E-state index is 13.0. The van der Waals surface area contributed by atoms with Crippen molar-refractivity contribution in [2.45, 2.75) is 53.0 Å². The summed E-state index contributed by atoms with van der Waals surface area (Å²) in [6, 6.07) is 2.36. The standard InChI is InChI=1S/C19H29N3O2/c1-13(2)22-14(3)12-17(15(22)4)19(24)21-9-5-8-20(10-11-21)18(23)16-6-7-16/h12-13,16H,5-11H2,1-4H3. The first kappa shape index (κ1) is 17.1. The minimum absolute atomic E-state index is 0.107. The lowest BCUT2D eigenvalue weighted by Crippen LogP contribution is -2.38. The highest BCUT2D eigenvalue weighted by molar-refractivity contribution is 5.95. The maximum atomic E-state index is 13.0. The molecule has 24 heavy (non-hydrogen) atoms. The Morgan fingerprint density at radius 3 is 2.25 bits per heavy atom. The van der Waals surface area contributed by atoms with Crippen molar-refractivity contribution in [3.63, 3.8) is 0 Å². The van der Waals surface area contributed by atoms with Crippen molar-refractivity contribution < 1.29 is 9.59 Å². The Hall–Kier alpha value is -1.78. The molecule has 5 nitrogen and oxygen atoms in total. The van der Waals surface area contributed by atoms with Crippen molar-refractivity contribution in [2.24, 2.45) is 5.92 Å². The molecule has 132 valence electrons. The summed E-state index contributed by atoms with van der Waals surface area (Å²) in [5.74, 6) is 0.662. The fraction of sp³-hybridized carbons (Fsp3) is 0.684. The second kappa shape index (κ2) is 6.61. The molecule has 0 atom stereocenters. The Labute approximate surface area is 144 Å². The van der Waals surface area contributed by atoms with E-state index in [1.54, 1.807) is 0 Å². The van der Waals surface area contributed by atoms with Crippen LogP contribution in [0.5, 0.6) is 0 Å². The Morgan fingerprint density at radius 2 is 1.67 bits per heavy atom. The number of carbonyl (C=O) groups excluding carboxylic acids is 2. The number of rotatable bonds is 3. The van der Waals surface area contributed by atoms with E-state index in [4.69, 9.17) is 0 Å². The number of hydrogen-bond acceptors (Lipinski definition) is 2. The zero-order valence-electron chi connectivity index (χ0n) is 15.3. The van der Waals surface area contributed by atoms with Gasteiger partial charge in [-0.15, -0.1) is 0 Å². The first-order chi connectivity index (χ1) is 11.4. The number of aryl methyl sites for hydroxylation is 1. The molecule has 1 aliphatic heterocycles. The zero-order chi connectivity index (χ0) is 17.4. The zero-order valence-corrected chi connectivity index (χ0v) is 15.3. The smallest absolute Gasteiger partial charge is 0.255 e. The van der Waals surface area contributed by atoms with Gasteiger partial charge in [-0.25, -0.2) is 0 Å². The topological polar surface area (TPSA) is 45.6 Å². The lowest BCUT2D eigenvalue weighted by molar-refractivity contribution is -0.132. The van der Waals surface area contributed by atoms with E-state index in [0.29, 0.717) is 25.0 Å². The monoisotopic (exact) mass is 331 g/mol. The van der Waals surface area contributed by atoms with Crippen LogP contribution in [0.25, 0.3) is 0 Å². The van der Waals surface area contributed by atoms with Crippen molar-refractivity contribution in [1.82, 2.24) is 14.4 Å². The van der Waals surface area contributed by atoms with Crippen LogP contribution in [0.4, 0.5) is 0 Å². The third-order valence-corrected chi connectivity index (χ3v) is 5.25. The molecular weight excluding hydrogens is 302 g/mol. The highest BCUT2D eigenvalue weighted by Crippen LogP contribution is 2.31. The molecular formula is C19H29N3O2. The van der Waals surface area contributed by atoms with Gasteiger partial charge in [0.15, 0.2) is 0 Å². The summed E-state index contributed by atoms with van der Waals surface area (Å²) < 4.78 is 2.22. The van der Waals surface area contributed by atoms with E-state index < -0.39 is 0 Å². The highest BCUT2D eigenvalue weighted by Gasteiger charge is 2.34. The average molecular weight is 331 g/mol. The molecule has 2 heterocycles. The van der Waals surface area contributed by atoms with Gasteiger partial charge >= 0.3 is 0 Å². The lowest BCUT2D eigenvalue weighted by atomic mass is 10.2. The number of carbonyl (C=O) groups is 2. The summed E-state index contributed by atoms with van der Waals surface area (Å²) in [6.07, 6.45) is 2.95. The van der Waals surface area contributed by atoms with Crippen LogP contribution in [0.2, 0.25) is 0 Å². The normalized spacial score (nSPS) is 18.9. The van der Waals surface area contributed by atoms with Crippen LogP contribution in [0.3, 0.4) is 0 Å². The Bertz CT molecular complexity index is 643. The van der Waals surface area contributed by atoms with Gasteiger partial charge in [0.05, 0.1) is 5.56 Å². The van der Waals surface area contributed by atoms with E-state index >= 15 is 0 Å². The van der Waals surface area contributed by atoms with Crippen molar-refractivity contribution in [3.8, 4) is 0 Å². The van der Waals surface area contributed by atoms with Crippen molar-refractivity contribution >= 4 is 11.8 Å². The summed E-state index contributed by atoms with van der Waals surface area (Å²) in [4.78, 5) is 29.1. The van der Waals surface area contributed by atoms with Gasteiger partial charge in [-0.3, -0.25) is 9.59 Å². The van der Waals surface area contributed by atoms with Crippen LogP contribution < -0.4 is 0 Å². The predicted molar refractivity (Wildman–Crippen MR) is 94.1 cm³/mol. The van der Waals surface area contributed by atoms with Gasteiger partial charge in [0.25, 0.3) is 5.91 Å². The average Bonchev–Trinajstić information content (AvgIpc) is 3.34. The second-order valence-electron chi connectivity index (χ2n) is 7.49. The summed E-state index contributed by atoms with van der Waals surface area (Å²) in [7, 11) is 0. The van der Waals surface area contributed by atoms with Crippen LogP contribution in [0.1, 0.15) is 60.9 Å². The summed E-state index contributed by atoms with van der Waals surface area (Å²) in [5.41, 5.74) is 2.98. The van der Waals surface area contributed by atoms with Crippen LogP contribution in [0, 0.1) is 19.8 Å². The first-order valence-corrected chi connectivity index (χ1v) is 9.16. The fourth-order valence-electron chi connectivity index (χ4n) is 3.89. The third-order valence-electron chi connectivity index (χ3n) is 5.25. The Morgan fingerprint density at radius 1 is 1.04 bits per heavy atom. The van der Waals surface area contributed by atoms with Gasteiger partial charge in [0.2, 0.25) is 5.91 Å². The lowest BCUT2D eigenvalue weighted by Gasteiger charge is -2.22. The molecule has 1 saturated carbocycles. The van der Waals surface area contributed by atoms with E-state index in [9.17, 15) is 9.59 Å². The molecule has 0 bridgehead atoms. The van der Waals surface area contributed by atoms with Crippen molar-refractivity contribution in [2.75, 3.05) is 26.2 Å². The van der Waals surface area contributed by atoms with Crippen LogP contribution in [-0.2, 0) is 4.79 Å². The molecule has 2 amide bonds. The van der Waals surface area contributed by atoms with E-state index in [1.165, 1.54) is 0 Å². The SMILES string of the molecule is Cc1cc(C(=O)N2CCCN(C(=O)C3CC3)CC2)c(C)n1C(C)C. The maximum Gasteiger partial charge on any atom is 0.255 e. The van der Waals surface area contributed by atoms with Crippen molar-refractivity contribution in [1.29, 1.82) is 0 Å². The van der Waals surface area contributed by atoms with Gasteiger partial charge in [0.1, 0.15) is 0 Å². The largest absolute Gasteiger partial charge is 0.346 e. The molecule has 1 saturated heterocycles. The number of nitrogens with zero attached hydrogens (tertiary/aromatic N) is 3. The van der Waals surface area contributed by atoms with Gasteiger partial charge < -0.3 is 14.4 Å². The summed E-state index contributed by atoms with van der Waals surface area (Å²) >= 11 is 0. The molecule has 5 heteroatoms. The summed E-state index contributed by atoms with van der Waals surface area (Å²) in [5, 5.41) is 0. The van der Waals surface area contributed by atoms with Gasteiger partial charge in [-0.05, 0) is 53.0 Å². The number of amides is 2. The quantitative estimate of drug-likeness (QED) is 0.855. The molecule has 0 unspecified atom stereocenters. The molecule has 2 fully saturated rings. The number of hydrogen-bond donors (Lipinski definition) is 0. The van der Waals surface area contributed by atoms with Gasteiger partial charge in [-0.2, -0.15) is 0 Å². The molecule has 1 aromatic heterocycles. The molecule has 2 aliphatic rings. The van der Waals surface area contributed by atoms with E-state index in [-0.39, 0.29) is 11.8 Å². The molecule has 0 radical (unpaired) electrons. The minimum atomic E-state index is 0.107. The fourth-order valence-corrected chi connectivity index (χ4v) is 3.89. The number of aromatic nitrogens is 1. The Balaban J connectivity index is 1.71. The molecule has 1 aromatic rings. The van der Waals surface area contributed by atoms with Gasteiger partial charge in [-0.1, -0.05) is 0 Å².